The van der Waals surface area contributed by atoms with Crippen molar-refractivity contribution in [1.29, 1.82) is 0 Å². The molecular weight excluding hydrogens is 332 g/mol. The monoisotopic (exact) mass is 344 g/mol. The largest absolute Gasteiger partial charge is 0.117 e. The molecule has 0 heterocycles. The van der Waals surface area contributed by atoms with Crippen LogP contribution in [0.5, 0.6) is 0 Å². The van der Waals surface area contributed by atoms with E-state index >= 15 is 0 Å². The van der Waals surface area contributed by atoms with Crippen molar-refractivity contribution >= 4 is 38.3 Å². The van der Waals surface area contributed by atoms with Crippen molar-refractivity contribution in [2.75, 3.05) is 0 Å². The van der Waals surface area contributed by atoms with Gasteiger partial charge in [-0.2, -0.15) is 0 Å². The van der Waals surface area contributed by atoms with Gasteiger partial charge in [0.25, 0.3) is 0 Å². The zero-order valence-corrected chi connectivity index (χ0v) is 13.2. The van der Waals surface area contributed by atoms with Gasteiger partial charge in [0.05, 0.1) is 5.38 Å². The first-order valence-corrected chi connectivity index (χ1v) is 7.82. The molecule has 0 radical (unpaired) electrons. The topological polar surface area (TPSA) is 0 Å². The van der Waals surface area contributed by atoms with Crippen LogP contribution < -0.4 is 0 Å². The molecule has 1 unspecified atom stereocenters. The maximum atomic E-state index is 6.57. The second-order valence-electron chi connectivity index (χ2n) is 4.90. The first-order valence-electron chi connectivity index (χ1n) is 6.59. The Bertz CT molecular complexity index is 719. The van der Waals surface area contributed by atoms with Gasteiger partial charge in [-0.1, -0.05) is 64.5 Å². The number of hydrogen-bond donors (Lipinski definition) is 0. The summed E-state index contributed by atoms with van der Waals surface area (Å²) in [5.41, 5.74) is 2.43. The molecule has 0 fully saturated rings. The fourth-order valence-electron chi connectivity index (χ4n) is 2.35. The third-order valence-electron chi connectivity index (χ3n) is 3.46. The smallest absolute Gasteiger partial charge is 0.0625 e. The molecule has 3 aromatic rings. The molecule has 0 spiro atoms. The number of hydrogen-bond acceptors (Lipinski definition) is 0. The Hall–Kier alpha value is -1.31. The zero-order chi connectivity index (χ0) is 13.9. The maximum Gasteiger partial charge on any atom is 0.0625 e. The van der Waals surface area contributed by atoms with Crippen molar-refractivity contribution in [3.63, 3.8) is 0 Å². The van der Waals surface area contributed by atoms with E-state index in [1.54, 1.807) is 0 Å². The van der Waals surface area contributed by atoms with E-state index in [0.29, 0.717) is 0 Å². The number of benzene rings is 3. The summed E-state index contributed by atoms with van der Waals surface area (Å²) in [5, 5.41) is 2.50. The molecule has 2 heteroatoms. The van der Waals surface area contributed by atoms with Crippen LogP contribution in [0, 0.1) is 0 Å². The average Bonchev–Trinajstić information content (AvgIpc) is 2.49. The molecule has 0 bridgehead atoms. The Kier molecular flexibility index (Phi) is 4.09. The molecule has 3 aromatic carbocycles. The van der Waals surface area contributed by atoms with Crippen molar-refractivity contribution in [3.8, 4) is 0 Å². The lowest BCUT2D eigenvalue weighted by Gasteiger charge is -2.11. The summed E-state index contributed by atoms with van der Waals surface area (Å²) in [6.07, 6.45) is 0.840. The first kappa shape index (κ1) is 13.7. The second kappa shape index (κ2) is 5.99. The van der Waals surface area contributed by atoms with E-state index in [1.165, 1.54) is 21.9 Å². The molecule has 100 valence electrons. The highest BCUT2D eigenvalue weighted by atomic mass is 79.9. The molecule has 3 rings (SSSR count). The maximum absolute atomic E-state index is 6.57. The number of halogens is 2. The van der Waals surface area contributed by atoms with E-state index in [4.69, 9.17) is 11.6 Å². The lowest BCUT2D eigenvalue weighted by atomic mass is 10.0. The molecule has 0 aliphatic rings. The normalized spacial score (nSPS) is 12.5. The predicted molar refractivity (Wildman–Crippen MR) is 90.4 cm³/mol. The minimum absolute atomic E-state index is 0.000724. The van der Waals surface area contributed by atoms with Crippen LogP contribution >= 0.6 is 27.5 Å². The summed E-state index contributed by atoms with van der Waals surface area (Å²) in [6, 6.07) is 23.2. The van der Waals surface area contributed by atoms with Crippen molar-refractivity contribution in [2.24, 2.45) is 0 Å². The van der Waals surface area contributed by atoms with Crippen LogP contribution in [0.3, 0.4) is 0 Å². The number of rotatable bonds is 3. The predicted octanol–water partition coefficient (Wildman–Crippen LogP) is 6.12. The number of alkyl halides is 1. The minimum Gasteiger partial charge on any atom is -0.117 e. The van der Waals surface area contributed by atoms with Crippen LogP contribution in [0.25, 0.3) is 10.8 Å². The van der Waals surface area contributed by atoms with Gasteiger partial charge >= 0.3 is 0 Å². The summed E-state index contributed by atoms with van der Waals surface area (Å²) in [6.45, 7) is 0. The highest BCUT2D eigenvalue weighted by molar-refractivity contribution is 9.10. The van der Waals surface area contributed by atoms with Gasteiger partial charge in [-0.3, -0.25) is 0 Å². The lowest BCUT2D eigenvalue weighted by molar-refractivity contribution is 0.921. The molecule has 0 nitrogen and oxygen atoms in total. The van der Waals surface area contributed by atoms with E-state index < -0.39 is 0 Å². The standard InChI is InChI=1S/C18H14BrCl/c19-17-9-5-13(6-10-17)11-18(20)16-8-7-14-3-1-2-4-15(14)12-16/h1-10,12,18H,11H2. The van der Waals surface area contributed by atoms with Gasteiger partial charge in [0.1, 0.15) is 0 Å². The summed E-state index contributed by atoms with van der Waals surface area (Å²) in [4.78, 5) is 0. The number of fused-ring (bicyclic) bond motifs is 1. The first-order chi connectivity index (χ1) is 9.72. The van der Waals surface area contributed by atoms with Crippen molar-refractivity contribution in [3.05, 3.63) is 82.3 Å². The summed E-state index contributed by atoms with van der Waals surface area (Å²) < 4.78 is 1.10. The van der Waals surface area contributed by atoms with Gasteiger partial charge in [0.2, 0.25) is 0 Å². The Balaban J connectivity index is 1.84. The van der Waals surface area contributed by atoms with Crippen molar-refractivity contribution in [1.82, 2.24) is 0 Å². The molecule has 0 aliphatic heterocycles. The van der Waals surface area contributed by atoms with E-state index in [-0.39, 0.29) is 5.38 Å². The van der Waals surface area contributed by atoms with Gasteiger partial charge in [-0.25, -0.2) is 0 Å². The molecular formula is C18H14BrCl. The van der Waals surface area contributed by atoms with Crippen molar-refractivity contribution < 1.29 is 0 Å². The van der Waals surface area contributed by atoms with Crippen LogP contribution in [-0.4, -0.2) is 0 Å². The fourth-order valence-corrected chi connectivity index (χ4v) is 2.93. The van der Waals surface area contributed by atoms with Gasteiger partial charge in [0, 0.05) is 4.47 Å². The van der Waals surface area contributed by atoms with Crippen LogP contribution in [0.1, 0.15) is 16.5 Å². The van der Waals surface area contributed by atoms with Gasteiger partial charge in [-0.05, 0) is 46.5 Å². The second-order valence-corrected chi connectivity index (χ2v) is 6.35. The van der Waals surface area contributed by atoms with E-state index in [1.807, 2.05) is 0 Å². The minimum atomic E-state index is 0.000724. The van der Waals surface area contributed by atoms with Crippen LogP contribution in [0.4, 0.5) is 0 Å². The fraction of sp³-hybridized carbons (Fsp3) is 0.111. The Morgan fingerprint density at radius 2 is 1.55 bits per heavy atom. The third-order valence-corrected chi connectivity index (χ3v) is 4.40. The van der Waals surface area contributed by atoms with Crippen LogP contribution in [-0.2, 0) is 6.42 Å². The van der Waals surface area contributed by atoms with E-state index in [0.717, 1.165) is 10.9 Å². The molecule has 0 saturated heterocycles. The SMILES string of the molecule is ClC(Cc1ccc(Br)cc1)c1ccc2ccccc2c1. The highest BCUT2D eigenvalue weighted by Crippen LogP contribution is 2.28. The quantitative estimate of drug-likeness (QED) is 0.501. The zero-order valence-electron chi connectivity index (χ0n) is 10.9. The van der Waals surface area contributed by atoms with Gasteiger partial charge in [0.15, 0.2) is 0 Å². The van der Waals surface area contributed by atoms with E-state index in [2.05, 4.69) is 82.7 Å². The molecule has 0 aromatic heterocycles. The Morgan fingerprint density at radius 1 is 0.850 bits per heavy atom. The molecule has 0 aliphatic carbocycles. The molecule has 0 N–H and O–H groups in total. The summed E-state index contributed by atoms with van der Waals surface area (Å²) in [5.74, 6) is 0. The highest BCUT2D eigenvalue weighted by Gasteiger charge is 2.09. The summed E-state index contributed by atoms with van der Waals surface area (Å²) in [7, 11) is 0. The van der Waals surface area contributed by atoms with Crippen molar-refractivity contribution in [2.45, 2.75) is 11.8 Å². The third kappa shape index (κ3) is 3.05. The average molecular weight is 346 g/mol. The molecule has 0 amide bonds. The van der Waals surface area contributed by atoms with Gasteiger partial charge in [-0.15, -0.1) is 11.6 Å². The van der Waals surface area contributed by atoms with Gasteiger partial charge < -0.3 is 0 Å². The summed E-state index contributed by atoms with van der Waals surface area (Å²) >= 11 is 10.0. The Labute approximate surface area is 132 Å². The molecule has 1 atom stereocenters. The van der Waals surface area contributed by atoms with Crippen LogP contribution in [0.2, 0.25) is 0 Å². The lowest BCUT2D eigenvalue weighted by Crippen LogP contribution is -1.95. The molecule has 0 saturated carbocycles. The molecule has 20 heavy (non-hydrogen) atoms. The van der Waals surface area contributed by atoms with E-state index in [9.17, 15) is 0 Å². The Morgan fingerprint density at radius 3 is 2.30 bits per heavy atom. The van der Waals surface area contributed by atoms with Crippen LogP contribution in [0.15, 0.2) is 71.2 Å².